The van der Waals surface area contributed by atoms with Crippen LogP contribution in [0.15, 0.2) is 0 Å². The Morgan fingerprint density at radius 3 is 2.55 bits per heavy atom. The fraction of sp³-hybridized carbons (Fsp3) is 0.750. The van der Waals surface area contributed by atoms with Crippen LogP contribution in [-0.2, 0) is 10.2 Å². The quantitative estimate of drug-likeness (QED) is 0.594. The molecule has 7 nitrogen and oxygen atoms in total. The van der Waals surface area contributed by atoms with Crippen LogP contribution in [0.25, 0.3) is 0 Å². The molecule has 0 amide bonds. The number of rotatable bonds is 9. The largest absolute Gasteiger partial charge is 0.317 e. The molecule has 3 N–H and O–H groups in total. The first-order valence-electron chi connectivity index (χ1n) is 6.84. The number of nitrogens with zero attached hydrogens (tertiary/aromatic N) is 2. The summed E-state index contributed by atoms with van der Waals surface area (Å²) < 4.78 is 28.2. The van der Waals surface area contributed by atoms with Crippen molar-refractivity contribution in [3.05, 3.63) is 11.4 Å². The molecule has 0 aliphatic heterocycles. The minimum Gasteiger partial charge on any atom is -0.317 e. The monoisotopic (exact) mass is 303 g/mol. The van der Waals surface area contributed by atoms with E-state index in [2.05, 4.69) is 27.2 Å². The molecule has 20 heavy (non-hydrogen) atoms. The summed E-state index contributed by atoms with van der Waals surface area (Å²) >= 11 is 0. The Morgan fingerprint density at radius 1 is 1.30 bits per heavy atom. The Bertz CT molecular complexity index is 492. The number of anilines is 1. The average molecular weight is 303 g/mol. The van der Waals surface area contributed by atoms with Crippen molar-refractivity contribution in [1.29, 1.82) is 0 Å². The van der Waals surface area contributed by atoms with Crippen molar-refractivity contribution in [2.45, 2.75) is 33.6 Å². The van der Waals surface area contributed by atoms with E-state index in [9.17, 15) is 8.42 Å². The van der Waals surface area contributed by atoms with Crippen LogP contribution in [0.4, 0.5) is 5.69 Å². The van der Waals surface area contributed by atoms with Crippen LogP contribution in [-0.4, -0.2) is 49.6 Å². The molecule has 0 saturated heterocycles. The third kappa shape index (κ3) is 4.77. The van der Waals surface area contributed by atoms with Gasteiger partial charge in [0.15, 0.2) is 0 Å². The van der Waals surface area contributed by atoms with Gasteiger partial charge in [0.2, 0.25) is 0 Å². The van der Waals surface area contributed by atoms with Crippen LogP contribution in [0.5, 0.6) is 0 Å². The van der Waals surface area contributed by atoms with Crippen molar-refractivity contribution in [3.8, 4) is 0 Å². The molecule has 0 atom stereocenters. The molecule has 1 heterocycles. The van der Waals surface area contributed by atoms with Gasteiger partial charge in [-0.1, -0.05) is 6.92 Å². The van der Waals surface area contributed by atoms with Crippen LogP contribution in [0.1, 0.15) is 31.2 Å². The Balaban J connectivity index is 2.51. The zero-order chi connectivity index (χ0) is 15.2. The van der Waals surface area contributed by atoms with Crippen molar-refractivity contribution in [3.63, 3.8) is 0 Å². The number of aromatic amines is 1. The fourth-order valence-electron chi connectivity index (χ4n) is 1.76. The van der Waals surface area contributed by atoms with E-state index < -0.39 is 10.2 Å². The van der Waals surface area contributed by atoms with Crippen molar-refractivity contribution in [2.75, 3.05) is 31.4 Å². The molecule has 0 fully saturated rings. The molecule has 1 rings (SSSR count). The zero-order valence-electron chi connectivity index (χ0n) is 12.7. The topological polar surface area (TPSA) is 90.1 Å². The standard InChI is InChI=1S/C12H25N5O2S/c1-5-7-13-8-6-9-17(4)20(18,19)16-12-10(2)14-15-11(12)3/h13,16H,5-9H2,1-4H3,(H,14,15). The lowest BCUT2D eigenvalue weighted by molar-refractivity contribution is 0.458. The third-order valence-corrected chi connectivity index (χ3v) is 4.49. The van der Waals surface area contributed by atoms with E-state index in [0.29, 0.717) is 23.6 Å². The highest BCUT2D eigenvalue weighted by atomic mass is 32.2. The lowest BCUT2D eigenvalue weighted by atomic mass is 10.3. The molecule has 0 aliphatic carbocycles. The van der Waals surface area contributed by atoms with E-state index in [-0.39, 0.29) is 0 Å². The zero-order valence-corrected chi connectivity index (χ0v) is 13.5. The number of hydrogen-bond acceptors (Lipinski definition) is 4. The number of hydrogen-bond donors (Lipinski definition) is 3. The summed E-state index contributed by atoms with van der Waals surface area (Å²) in [6.45, 7) is 7.90. The number of H-pyrrole nitrogens is 1. The van der Waals surface area contributed by atoms with Gasteiger partial charge in [-0.05, 0) is 39.8 Å². The van der Waals surface area contributed by atoms with Crippen LogP contribution < -0.4 is 10.0 Å². The summed E-state index contributed by atoms with van der Waals surface area (Å²) in [6.07, 6.45) is 1.86. The van der Waals surface area contributed by atoms with Gasteiger partial charge in [0, 0.05) is 13.6 Å². The molecule has 1 aromatic rings. The van der Waals surface area contributed by atoms with Gasteiger partial charge >= 0.3 is 10.2 Å². The predicted molar refractivity (Wildman–Crippen MR) is 81.0 cm³/mol. The minimum absolute atomic E-state index is 0.474. The molecule has 8 heteroatoms. The molecule has 0 unspecified atom stereocenters. The Kier molecular flexibility index (Phi) is 6.44. The number of aryl methyl sites for hydroxylation is 2. The molecule has 0 spiro atoms. The summed E-state index contributed by atoms with van der Waals surface area (Å²) in [5, 5.41) is 9.98. The van der Waals surface area contributed by atoms with Gasteiger partial charge < -0.3 is 5.32 Å². The lowest BCUT2D eigenvalue weighted by Gasteiger charge is -2.18. The predicted octanol–water partition coefficient (Wildman–Crippen LogP) is 1.00. The van der Waals surface area contributed by atoms with Crippen LogP contribution in [0.2, 0.25) is 0 Å². The van der Waals surface area contributed by atoms with Gasteiger partial charge in [-0.3, -0.25) is 9.82 Å². The number of nitrogens with one attached hydrogen (secondary N) is 3. The maximum atomic E-state index is 12.2. The van der Waals surface area contributed by atoms with E-state index in [1.54, 1.807) is 20.9 Å². The lowest BCUT2D eigenvalue weighted by Crippen LogP contribution is -2.34. The van der Waals surface area contributed by atoms with Crippen LogP contribution >= 0.6 is 0 Å². The van der Waals surface area contributed by atoms with Crippen molar-refractivity contribution < 1.29 is 8.42 Å². The Labute approximate surface area is 121 Å². The van der Waals surface area contributed by atoms with Crippen LogP contribution in [0, 0.1) is 13.8 Å². The molecule has 0 radical (unpaired) electrons. The first-order chi connectivity index (χ1) is 9.38. The van der Waals surface area contributed by atoms with Gasteiger partial charge in [-0.2, -0.15) is 17.8 Å². The smallest absolute Gasteiger partial charge is 0.301 e. The minimum atomic E-state index is -3.53. The van der Waals surface area contributed by atoms with Gasteiger partial charge in [0.05, 0.1) is 17.1 Å². The normalized spacial score (nSPS) is 12.1. The van der Waals surface area contributed by atoms with Gasteiger partial charge in [-0.15, -0.1) is 0 Å². The highest BCUT2D eigenvalue weighted by molar-refractivity contribution is 7.90. The molecule has 1 aromatic heterocycles. The van der Waals surface area contributed by atoms with E-state index in [1.165, 1.54) is 4.31 Å². The first kappa shape index (κ1) is 16.9. The summed E-state index contributed by atoms with van der Waals surface area (Å²) in [5.74, 6) is 0. The summed E-state index contributed by atoms with van der Waals surface area (Å²) in [7, 11) is -1.95. The highest BCUT2D eigenvalue weighted by Crippen LogP contribution is 2.18. The van der Waals surface area contributed by atoms with Crippen LogP contribution in [0.3, 0.4) is 0 Å². The summed E-state index contributed by atoms with van der Waals surface area (Å²) in [4.78, 5) is 0. The van der Waals surface area contributed by atoms with Gasteiger partial charge in [-0.25, -0.2) is 0 Å². The third-order valence-electron chi connectivity index (χ3n) is 3.02. The SMILES string of the molecule is CCCNCCCN(C)S(=O)(=O)Nc1c(C)n[nH]c1C. The molecule has 0 saturated carbocycles. The maximum absolute atomic E-state index is 12.2. The summed E-state index contributed by atoms with van der Waals surface area (Å²) in [5.41, 5.74) is 1.88. The van der Waals surface area contributed by atoms with Crippen molar-refractivity contribution in [2.24, 2.45) is 0 Å². The molecule has 0 aliphatic rings. The molecular formula is C12H25N5O2S. The Hall–Kier alpha value is -1.12. The second-order valence-corrected chi connectivity index (χ2v) is 6.62. The second kappa shape index (κ2) is 7.61. The average Bonchev–Trinajstić information content (AvgIpc) is 2.69. The maximum Gasteiger partial charge on any atom is 0.301 e. The second-order valence-electron chi connectivity index (χ2n) is 4.84. The number of aromatic nitrogens is 2. The van der Waals surface area contributed by atoms with E-state index >= 15 is 0 Å². The molecular weight excluding hydrogens is 278 g/mol. The van der Waals surface area contributed by atoms with Gasteiger partial charge in [0.25, 0.3) is 0 Å². The molecule has 0 aromatic carbocycles. The summed E-state index contributed by atoms with van der Waals surface area (Å²) in [6, 6.07) is 0. The van der Waals surface area contributed by atoms with E-state index in [0.717, 1.165) is 25.9 Å². The molecule has 116 valence electrons. The van der Waals surface area contributed by atoms with E-state index in [1.807, 2.05) is 0 Å². The highest BCUT2D eigenvalue weighted by Gasteiger charge is 2.20. The Morgan fingerprint density at radius 2 is 2.00 bits per heavy atom. The molecule has 0 bridgehead atoms. The van der Waals surface area contributed by atoms with Crippen molar-refractivity contribution >= 4 is 15.9 Å². The van der Waals surface area contributed by atoms with E-state index in [4.69, 9.17) is 0 Å². The van der Waals surface area contributed by atoms with Gasteiger partial charge in [0.1, 0.15) is 0 Å². The van der Waals surface area contributed by atoms with Crippen molar-refractivity contribution in [1.82, 2.24) is 19.8 Å². The fourth-order valence-corrected chi connectivity index (χ4v) is 2.84. The first-order valence-corrected chi connectivity index (χ1v) is 8.28.